The molecular formula is C16H17ClO. The van der Waals surface area contributed by atoms with E-state index in [4.69, 9.17) is 16.3 Å². The average molecular weight is 261 g/mol. The summed E-state index contributed by atoms with van der Waals surface area (Å²) in [7, 11) is 1.72. The highest BCUT2D eigenvalue weighted by Gasteiger charge is 2.05. The van der Waals surface area contributed by atoms with Crippen molar-refractivity contribution in [3.63, 3.8) is 0 Å². The first-order chi connectivity index (χ1) is 8.60. The fourth-order valence-corrected chi connectivity index (χ4v) is 2.43. The van der Waals surface area contributed by atoms with Crippen LogP contribution in [-0.4, -0.2) is 7.11 Å². The summed E-state index contributed by atoms with van der Waals surface area (Å²) in [5, 5.41) is 0.779. The molecule has 2 heteroatoms. The summed E-state index contributed by atoms with van der Waals surface area (Å²) in [6.45, 7) is 4.16. The van der Waals surface area contributed by atoms with Crippen LogP contribution in [0, 0.1) is 13.8 Å². The fraction of sp³-hybridized carbons (Fsp3) is 0.250. The SMILES string of the molecule is COc1c(C)cc(Cc2ccc(Cl)cc2)cc1C. The molecule has 0 unspecified atom stereocenters. The van der Waals surface area contributed by atoms with Crippen molar-refractivity contribution in [1.29, 1.82) is 0 Å². The second-order valence-corrected chi connectivity index (χ2v) is 5.00. The molecule has 0 heterocycles. The largest absolute Gasteiger partial charge is 0.496 e. The first-order valence-electron chi connectivity index (χ1n) is 5.98. The molecule has 0 saturated carbocycles. The van der Waals surface area contributed by atoms with E-state index in [-0.39, 0.29) is 0 Å². The van der Waals surface area contributed by atoms with Crippen molar-refractivity contribution in [2.24, 2.45) is 0 Å². The van der Waals surface area contributed by atoms with Crippen molar-refractivity contribution in [3.8, 4) is 5.75 Å². The molecule has 18 heavy (non-hydrogen) atoms. The first kappa shape index (κ1) is 13.0. The van der Waals surface area contributed by atoms with E-state index in [2.05, 4.69) is 38.1 Å². The van der Waals surface area contributed by atoms with E-state index in [0.29, 0.717) is 0 Å². The molecule has 0 aliphatic rings. The van der Waals surface area contributed by atoms with Crippen molar-refractivity contribution >= 4 is 11.6 Å². The van der Waals surface area contributed by atoms with Gasteiger partial charge in [0.15, 0.2) is 0 Å². The van der Waals surface area contributed by atoms with Crippen molar-refractivity contribution in [2.75, 3.05) is 7.11 Å². The maximum Gasteiger partial charge on any atom is 0.124 e. The zero-order valence-electron chi connectivity index (χ0n) is 11.0. The molecule has 94 valence electrons. The van der Waals surface area contributed by atoms with E-state index in [1.807, 2.05) is 12.1 Å². The highest BCUT2D eigenvalue weighted by atomic mass is 35.5. The summed E-state index contributed by atoms with van der Waals surface area (Å²) in [6, 6.07) is 12.4. The van der Waals surface area contributed by atoms with Gasteiger partial charge in [-0.1, -0.05) is 35.9 Å². The molecule has 0 aliphatic heterocycles. The Labute approximate surface area is 113 Å². The van der Waals surface area contributed by atoms with Gasteiger partial charge < -0.3 is 4.74 Å². The normalized spacial score (nSPS) is 10.4. The van der Waals surface area contributed by atoms with Gasteiger partial charge in [0, 0.05) is 5.02 Å². The summed E-state index contributed by atoms with van der Waals surface area (Å²) >= 11 is 5.89. The molecular weight excluding hydrogens is 244 g/mol. The van der Waals surface area contributed by atoms with Gasteiger partial charge in [-0.05, 0) is 54.7 Å². The fourth-order valence-electron chi connectivity index (χ4n) is 2.30. The summed E-state index contributed by atoms with van der Waals surface area (Å²) in [5.74, 6) is 0.981. The van der Waals surface area contributed by atoms with Crippen LogP contribution in [0.4, 0.5) is 0 Å². The van der Waals surface area contributed by atoms with Gasteiger partial charge >= 0.3 is 0 Å². The van der Waals surface area contributed by atoms with Crippen LogP contribution in [0.15, 0.2) is 36.4 Å². The van der Waals surface area contributed by atoms with E-state index in [0.717, 1.165) is 17.2 Å². The van der Waals surface area contributed by atoms with Crippen molar-refractivity contribution in [2.45, 2.75) is 20.3 Å². The summed E-state index contributed by atoms with van der Waals surface area (Å²) in [5.41, 5.74) is 4.93. The standard InChI is InChI=1S/C16H17ClO/c1-11-8-14(9-12(2)16(11)18-3)10-13-4-6-15(17)7-5-13/h4-9H,10H2,1-3H3. The van der Waals surface area contributed by atoms with Crippen LogP contribution >= 0.6 is 11.6 Å². The Morgan fingerprint density at radius 3 is 2.00 bits per heavy atom. The van der Waals surface area contributed by atoms with Crippen LogP contribution in [-0.2, 0) is 6.42 Å². The van der Waals surface area contributed by atoms with Crippen molar-refractivity contribution < 1.29 is 4.74 Å². The Morgan fingerprint density at radius 1 is 0.944 bits per heavy atom. The van der Waals surface area contributed by atoms with Gasteiger partial charge in [-0.25, -0.2) is 0 Å². The summed E-state index contributed by atoms with van der Waals surface area (Å²) < 4.78 is 5.38. The maximum atomic E-state index is 5.89. The lowest BCUT2D eigenvalue weighted by molar-refractivity contribution is 0.408. The molecule has 0 radical (unpaired) electrons. The molecule has 0 N–H and O–H groups in total. The number of aryl methyl sites for hydroxylation is 2. The highest BCUT2D eigenvalue weighted by Crippen LogP contribution is 2.25. The number of hydrogen-bond acceptors (Lipinski definition) is 1. The van der Waals surface area contributed by atoms with Crippen LogP contribution in [0.5, 0.6) is 5.75 Å². The lowest BCUT2D eigenvalue weighted by Gasteiger charge is -2.11. The lowest BCUT2D eigenvalue weighted by Crippen LogP contribution is -1.95. The number of hydrogen-bond donors (Lipinski definition) is 0. The number of ether oxygens (including phenoxy) is 1. The molecule has 0 atom stereocenters. The van der Waals surface area contributed by atoms with Gasteiger partial charge in [-0.2, -0.15) is 0 Å². The Morgan fingerprint density at radius 2 is 1.50 bits per heavy atom. The van der Waals surface area contributed by atoms with E-state index in [1.165, 1.54) is 22.3 Å². The number of methoxy groups -OCH3 is 1. The van der Waals surface area contributed by atoms with Gasteiger partial charge in [0.25, 0.3) is 0 Å². The van der Waals surface area contributed by atoms with E-state index < -0.39 is 0 Å². The highest BCUT2D eigenvalue weighted by molar-refractivity contribution is 6.30. The predicted octanol–water partition coefficient (Wildman–Crippen LogP) is 4.56. The maximum absolute atomic E-state index is 5.89. The molecule has 0 aromatic heterocycles. The first-order valence-corrected chi connectivity index (χ1v) is 6.36. The Balaban J connectivity index is 2.27. The molecule has 0 fully saturated rings. The number of halogens is 1. The Bertz CT molecular complexity index is 521. The average Bonchev–Trinajstić information content (AvgIpc) is 2.32. The van der Waals surface area contributed by atoms with Crippen LogP contribution in [0.2, 0.25) is 5.02 Å². The number of benzene rings is 2. The monoisotopic (exact) mass is 260 g/mol. The van der Waals surface area contributed by atoms with E-state index >= 15 is 0 Å². The minimum Gasteiger partial charge on any atom is -0.496 e. The minimum atomic E-state index is 0.779. The third-order valence-electron chi connectivity index (χ3n) is 3.05. The Kier molecular flexibility index (Phi) is 3.93. The van der Waals surface area contributed by atoms with E-state index in [9.17, 15) is 0 Å². The summed E-state index contributed by atoms with van der Waals surface area (Å²) in [6.07, 6.45) is 0.919. The number of rotatable bonds is 3. The smallest absolute Gasteiger partial charge is 0.124 e. The molecule has 2 aromatic carbocycles. The topological polar surface area (TPSA) is 9.23 Å². The molecule has 2 aromatic rings. The van der Waals surface area contributed by atoms with Gasteiger partial charge in [0.1, 0.15) is 5.75 Å². The van der Waals surface area contributed by atoms with Crippen LogP contribution in [0.3, 0.4) is 0 Å². The van der Waals surface area contributed by atoms with E-state index in [1.54, 1.807) is 7.11 Å². The zero-order chi connectivity index (χ0) is 13.1. The molecule has 0 bridgehead atoms. The summed E-state index contributed by atoms with van der Waals surface area (Å²) in [4.78, 5) is 0. The quantitative estimate of drug-likeness (QED) is 0.786. The lowest BCUT2D eigenvalue weighted by atomic mass is 10.00. The van der Waals surface area contributed by atoms with Crippen LogP contribution in [0.1, 0.15) is 22.3 Å². The van der Waals surface area contributed by atoms with Gasteiger partial charge in [0.2, 0.25) is 0 Å². The van der Waals surface area contributed by atoms with Crippen molar-refractivity contribution in [1.82, 2.24) is 0 Å². The zero-order valence-corrected chi connectivity index (χ0v) is 11.7. The van der Waals surface area contributed by atoms with Crippen LogP contribution in [0.25, 0.3) is 0 Å². The van der Waals surface area contributed by atoms with Crippen molar-refractivity contribution in [3.05, 3.63) is 63.7 Å². The molecule has 1 nitrogen and oxygen atoms in total. The second-order valence-electron chi connectivity index (χ2n) is 4.57. The third-order valence-corrected chi connectivity index (χ3v) is 3.30. The second kappa shape index (κ2) is 5.45. The van der Waals surface area contributed by atoms with Gasteiger partial charge in [-0.3, -0.25) is 0 Å². The molecule has 2 rings (SSSR count). The molecule has 0 aliphatic carbocycles. The molecule has 0 saturated heterocycles. The third kappa shape index (κ3) is 2.85. The minimum absolute atomic E-state index is 0.779. The Hall–Kier alpha value is -1.47. The molecule has 0 spiro atoms. The predicted molar refractivity (Wildman–Crippen MR) is 76.7 cm³/mol. The van der Waals surface area contributed by atoms with Crippen LogP contribution < -0.4 is 4.74 Å². The molecule has 0 amide bonds. The van der Waals surface area contributed by atoms with Gasteiger partial charge in [0.05, 0.1) is 7.11 Å². The van der Waals surface area contributed by atoms with Gasteiger partial charge in [-0.15, -0.1) is 0 Å².